The quantitative estimate of drug-likeness (QED) is 0.748. The van der Waals surface area contributed by atoms with Crippen molar-refractivity contribution in [2.75, 3.05) is 0 Å². The van der Waals surface area contributed by atoms with Gasteiger partial charge in [0.2, 0.25) is 11.5 Å². The summed E-state index contributed by atoms with van der Waals surface area (Å²) in [6.45, 7) is 0.118. The highest BCUT2D eigenvalue weighted by atomic mass is 19.1. The summed E-state index contributed by atoms with van der Waals surface area (Å²) < 4.78 is 15.5. The number of nitrogens with zero attached hydrogens (tertiary/aromatic N) is 3. The molecule has 8 heteroatoms. The Bertz CT molecular complexity index is 944. The van der Waals surface area contributed by atoms with E-state index in [9.17, 15) is 19.1 Å². The molecule has 0 atom stereocenters. The average Bonchev–Trinajstić information content (AvgIpc) is 2.91. The number of aromatic hydroxyl groups is 1. The Labute approximate surface area is 129 Å². The summed E-state index contributed by atoms with van der Waals surface area (Å²) in [5.74, 6) is -1.54. The average molecular weight is 316 g/mol. The number of hydrogen-bond acceptors (Lipinski definition) is 4. The van der Waals surface area contributed by atoms with Crippen LogP contribution in [0.25, 0.3) is 5.78 Å². The van der Waals surface area contributed by atoms with Gasteiger partial charge in [-0.05, 0) is 17.7 Å². The topological polar surface area (TPSA) is 88.6 Å². The van der Waals surface area contributed by atoms with Crippen molar-refractivity contribution in [1.29, 1.82) is 0 Å². The van der Waals surface area contributed by atoms with E-state index in [0.717, 1.165) is 4.40 Å². The van der Waals surface area contributed by atoms with Crippen molar-refractivity contribution in [2.24, 2.45) is 7.05 Å². The van der Waals surface area contributed by atoms with Crippen LogP contribution in [-0.2, 0) is 13.6 Å². The molecule has 0 spiro atoms. The smallest absolute Gasteiger partial charge is 0.302 e. The predicted molar refractivity (Wildman–Crippen MR) is 79.7 cm³/mol. The van der Waals surface area contributed by atoms with E-state index in [-0.39, 0.29) is 23.8 Å². The lowest BCUT2D eigenvalue weighted by Gasteiger charge is -2.07. The molecule has 3 rings (SSSR count). The Morgan fingerprint density at radius 3 is 2.70 bits per heavy atom. The largest absolute Gasteiger partial charge is 0.501 e. The normalized spacial score (nSPS) is 10.9. The Balaban J connectivity index is 1.88. The van der Waals surface area contributed by atoms with E-state index in [1.54, 1.807) is 17.8 Å². The maximum Gasteiger partial charge on any atom is 0.302 e. The summed E-state index contributed by atoms with van der Waals surface area (Å²) in [4.78, 5) is 28.2. The molecule has 2 heterocycles. The molecule has 0 aliphatic rings. The van der Waals surface area contributed by atoms with Gasteiger partial charge in [-0.2, -0.15) is 0 Å². The van der Waals surface area contributed by atoms with Crippen LogP contribution in [0.15, 0.2) is 41.5 Å². The third kappa shape index (κ3) is 2.66. The molecule has 23 heavy (non-hydrogen) atoms. The van der Waals surface area contributed by atoms with Gasteiger partial charge in [0.25, 0.3) is 5.91 Å². The number of carbonyl (C=O) groups is 1. The number of aryl methyl sites for hydroxylation is 1. The molecule has 0 aliphatic carbocycles. The van der Waals surface area contributed by atoms with Crippen LogP contribution >= 0.6 is 0 Å². The number of carbonyl (C=O) groups excluding carboxylic acids is 1. The first-order chi connectivity index (χ1) is 11.0. The highest BCUT2D eigenvalue weighted by molar-refractivity contribution is 5.95. The molecule has 2 N–H and O–H groups in total. The van der Waals surface area contributed by atoms with Crippen LogP contribution in [-0.4, -0.2) is 25.0 Å². The molecule has 1 aromatic carbocycles. The van der Waals surface area contributed by atoms with Gasteiger partial charge in [-0.3, -0.25) is 9.59 Å². The first-order valence-corrected chi connectivity index (χ1v) is 6.76. The fourth-order valence-electron chi connectivity index (χ4n) is 2.16. The van der Waals surface area contributed by atoms with Gasteiger partial charge < -0.3 is 15.0 Å². The first-order valence-electron chi connectivity index (χ1n) is 6.76. The maximum absolute atomic E-state index is 12.8. The van der Waals surface area contributed by atoms with E-state index in [1.807, 2.05) is 0 Å². The fraction of sp³-hybridized carbons (Fsp3) is 0.133. The summed E-state index contributed by atoms with van der Waals surface area (Å²) in [5.41, 5.74) is -0.391. The number of imidazole rings is 1. The first kappa shape index (κ1) is 14.8. The van der Waals surface area contributed by atoms with Gasteiger partial charge in [0.05, 0.1) is 0 Å². The predicted octanol–water partition coefficient (Wildman–Crippen LogP) is 0.808. The number of fused-ring (bicyclic) bond motifs is 1. The molecule has 0 saturated carbocycles. The van der Waals surface area contributed by atoms with Gasteiger partial charge in [-0.25, -0.2) is 13.8 Å². The number of benzene rings is 1. The molecule has 2 aromatic heterocycles. The Kier molecular flexibility index (Phi) is 3.57. The molecule has 3 aromatic rings. The molecule has 0 fully saturated rings. The molecule has 0 aliphatic heterocycles. The lowest BCUT2D eigenvalue weighted by atomic mass is 10.2. The molecular formula is C15H13FN4O3. The zero-order chi connectivity index (χ0) is 16.6. The van der Waals surface area contributed by atoms with Crippen molar-refractivity contribution in [3.05, 3.63) is 64.1 Å². The van der Waals surface area contributed by atoms with Crippen molar-refractivity contribution in [3.63, 3.8) is 0 Å². The van der Waals surface area contributed by atoms with E-state index in [4.69, 9.17) is 0 Å². The third-order valence-corrected chi connectivity index (χ3v) is 3.41. The molecule has 0 saturated heterocycles. The number of nitrogens with one attached hydrogen (secondary N) is 1. The standard InChI is InChI=1S/C15H13FN4O3/c1-19-6-7-20-14(23)12(21)11(18-15(19)20)13(22)17-8-9-2-4-10(16)5-3-9/h2-7,21H,8H2,1H3,(H,17,22). The second kappa shape index (κ2) is 5.56. The van der Waals surface area contributed by atoms with Crippen molar-refractivity contribution < 1.29 is 14.3 Å². The van der Waals surface area contributed by atoms with E-state index < -0.39 is 17.2 Å². The Morgan fingerprint density at radius 1 is 1.30 bits per heavy atom. The molecule has 7 nitrogen and oxygen atoms in total. The van der Waals surface area contributed by atoms with Crippen LogP contribution in [0.3, 0.4) is 0 Å². The summed E-state index contributed by atoms with van der Waals surface area (Å²) >= 11 is 0. The zero-order valence-corrected chi connectivity index (χ0v) is 12.2. The highest BCUT2D eigenvalue weighted by Crippen LogP contribution is 2.11. The minimum atomic E-state index is -0.720. The van der Waals surface area contributed by atoms with Crippen LogP contribution in [0.4, 0.5) is 4.39 Å². The van der Waals surface area contributed by atoms with E-state index in [1.165, 1.54) is 30.5 Å². The second-order valence-corrected chi connectivity index (χ2v) is 5.00. The van der Waals surface area contributed by atoms with Crippen molar-refractivity contribution in [3.8, 4) is 5.75 Å². The maximum atomic E-state index is 12.8. The summed E-state index contributed by atoms with van der Waals surface area (Å²) in [6.07, 6.45) is 3.04. The molecular weight excluding hydrogens is 303 g/mol. The van der Waals surface area contributed by atoms with Crippen LogP contribution in [0.1, 0.15) is 16.1 Å². The number of rotatable bonds is 3. The van der Waals surface area contributed by atoms with Gasteiger partial charge >= 0.3 is 5.56 Å². The molecule has 118 valence electrons. The summed E-state index contributed by atoms with van der Waals surface area (Å²) in [5, 5.41) is 12.4. The Morgan fingerprint density at radius 2 is 2.00 bits per heavy atom. The highest BCUT2D eigenvalue weighted by Gasteiger charge is 2.19. The molecule has 0 unspecified atom stereocenters. The lowest BCUT2D eigenvalue weighted by Crippen LogP contribution is -2.27. The fourth-order valence-corrected chi connectivity index (χ4v) is 2.16. The van der Waals surface area contributed by atoms with Gasteiger partial charge in [-0.15, -0.1) is 0 Å². The Hall–Kier alpha value is -3.16. The van der Waals surface area contributed by atoms with Crippen molar-refractivity contribution in [2.45, 2.75) is 6.54 Å². The van der Waals surface area contributed by atoms with Crippen LogP contribution in [0, 0.1) is 5.82 Å². The number of hydrogen-bond donors (Lipinski definition) is 2. The van der Waals surface area contributed by atoms with Crippen LogP contribution in [0.2, 0.25) is 0 Å². The van der Waals surface area contributed by atoms with Crippen LogP contribution < -0.4 is 10.9 Å². The van der Waals surface area contributed by atoms with E-state index >= 15 is 0 Å². The van der Waals surface area contributed by atoms with Gasteiger partial charge in [0.1, 0.15) is 5.82 Å². The van der Waals surface area contributed by atoms with E-state index in [2.05, 4.69) is 10.3 Å². The minimum absolute atomic E-state index is 0.118. The minimum Gasteiger partial charge on any atom is -0.501 e. The SMILES string of the molecule is Cn1ccn2c(=O)c(O)c(C(=O)NCc3ccc(F)cc3)nc12. The summed E-state index contributed by atoms with van der Waals surface area (Å²) in [6, 6.07) is 5.61. The molecule has 1 amide bonds. The zero-order valence-electron chi connectivity index (χ0n) is 12.2. The van der Waals surface area contributed by atoms with Crippen LogP contribution in [0.5, 0.6) is 5.75 Å². The monoisotopic (exact) mass is 316 g/mol. The lowest BCUT2D eigenvalue weighted by molar-refractivity contribution is 0.0942. The van der Waals surface area contributed by atoms with E-state index in [0.29, 0.717) is 5.56 Å². The molecule has 0 radical (unpaired) electrons. The van der Waals surface area contributed by atoms with Gasteiger partial charge in [-0.1, -0.05) is 12.1 Å². The van der Waals surface area contributed by atoms with Crippen molar-refractivity contribution >= 4 is 11.7 Å². The summed E-state index contributed by atoms with van der Waals surface area (Å²) in [7, 11) is 1.67. The molecule has 0 bridgehead atoms. The van der Waals surface area contributed by atoms with Gasteiger partial charge in [0, 0.05) is 26.0 Å². The van der Waals surface area contributed by atoms with Gasteiger partial charge in [0.15, 0.2) is 5.69 Å². The second-order valence-electron chi connectivity index (χ2n) is 5.00. The van der Waals surface area contributed by atoms with Crippen molar-refractivity contribution in [1.82, 2.24) is 19.3 Å². The number of amides is 1. The third-order valence-electron chi connectivity index (χ3n) is 3.41. The number of aromatic nitrogens is 3. The number of halogens is 1.